The van der Waals surface area contributed by atoms with Gasteiger partial charge in [-0.3, -0.25) is 14.7 Å². The smallest absolute Gasteiger partial charge is 0.273 e. The second-order valence-electron chi connectivity index (χ2n) is 4.86. The van der Waals surface area contributed by atoms with Crippen molar-refractivity contribution < 1.29 is 9.53 Å². The average molecular weight is 309 g/mol. The van der Waals surface area contributed by atoms with Crippen LogP contribution >= 0.6 is 0 Å². The van der Waals surface area contributed by atoms with E-state index in [1.54, 1.807) is 43.5 Å². The molecule has 3 aromatic rings. The molecular weight excluding hydrogens is 294 g/mol. The first-order valence-electron chi connectivity index (χ1n) is 7.00. The number of aromatic nitrogens is 2. The summed E-state index contributed by atoms with van der Waals surface area (Å²) in [5, 5.41) is 5.54. The largest absolute Gasteiger partial charge is 0.497 e. The molecule has 0 saturated carbocycles. The fraction of sp³-hybridized carbons (Fsp3) is 0.0588. The predicted octanol–water partition coefficient (Wildman–Crippen LogP) is 2.43. The number of hydrogen-bond acceptors (Lipinski definition) is 3. The van der Waals surface area contributed by atoms with Crippen LogP contribution in [0.15, 0.2) is 65.5 Å². The Kier molecular flexibility index (Phi) is 3.97. The zero-order valence-electron chi connectivity index (χ0n) is 12.4. The number of rotatable bonds is 4. The maximum atomic E-state index is 12.2. The number of ether oxygens (including phenoxy) is 1. The summed E-state index contributed by atoms with van der Waals surface area (Å²) in [5.74, 6) is 0.693. The van der Waals surface area contributed by atoms with Crippen molar-refractivity contribution in [3.63, 3.8) is 0 Å². The molecule has 0 fully saturated rings. The molecule has 1 heterocycles. The zero-order chi connectivity index (χ0) is 16.2. The summed E-state index contributed by atoms with van der Waals surface area (Å²) in [6.45, 7) is 0. The van der Waals surface area contributed by atoms with Gasteiger partial charge in [0.25, 0.3) is 11.5 Å². The minimum Gasteiger partial charge on any atom is -0.497 e. The Bertz CT molecular complexity index is 864. The first-order valence-corrected chi connectivity index (χ1v) is 7.00. The minimum absolute atomic E-state index is 0.249. The summed E-state index contributed by atoms with van der Waals surface area (Å²) in [5.41, 5.74) is 0.919. The Morgan fingerprint density at radius 1 is 1.09 bits per heavy atom. The number of amides is 1. The van der Waals surface area contributed by atoms with Gasteiger partial charge in [-0.2, -0.15) is 0 Å². The van der Waals surface area contributed by atoms with Crippen LogP contribution in [0, 0.1) is 0 Å². The van der Waals surface area contributed by atoms with Crippen LogP contribution in [0.1, 0.15) is 10.4 Å². The van der Waals surface area contributed by atoms with E-state index in [4.69, 9.17) is 4.74 Å². The van der Waals surface area contributed by atoms with Gasteiger partial charge in [-0.25, -0.2) is 4.68 Å². The monoisotopic (exact) mass is 309 g/mol. The van der Waals surface area contributed by atoms with Crippen LogP contribution in [0.25, 0.3) is 5.69 Å². The molecule has 0 aliphatic carbocycles. The van der Waals surface area contributed by atoms with Crippen LogP contribution in [0.4, 0.5) is 5.82 Å². The molecule has 116 valence electrons. The number of benzene rings is 2. The number of anilines is 1. The summed E-state index contributed by atoms with van der Waals surface area (Å²) in [7, 11) is 1.56. The summed E-state index contributed by atoms with van der Waals surface area (Å²) >= 11 is 0. The first kappa shape index (κ1) is 14.6. The summed E-state index contributed by atoms with van der Waals surface area (Å²) in [6, 6.07) is 17.2. The molecule has 0 aliphatic rings. The van der Waals surface area contributed by atoms with E-state index in [0.29, 0.717) is 22.8 Å². The van der Waals surface area contributed by atoms with Gasteiger partial charge in [0.2, 0.25) is 0 Å². The molecule has 1 amide bonds. The number of para-hydroxylation sites is 1. The lowest BCUT2D eigenvalue weighted by Gasteiger charge is -2.05. The standard InChI is InChI=1S/C17H15N3O3/c1-23-14-9-7-12(8-10-14)17(22)18-15-11-16(21)20(19-15)13-5-3-2-4-6-13/h2-11,19H,1H3,(H,18,22). The van der Waals surface area contributed by atoms with Crippen molar-refractivity contribution in [2.75, 3.05) is 12.4 Å². The molecule has 6 heteroatoms. The lowest BCUT2D eigenvalue weighted by atomic mass is 10.2. The number of carbonyl (C=O) groups excluding carboxylic acids is 1. The summed E-state index contributed by atoms with van der Waals surface area (Å²) in [6.07, 6.45) is 0. The van der Waals surface area contributed by atoms with Gasteiger partial charge in [-0.05, 0) is 36.4 Å². The second-order valence-corrected chi connectivity index (χ2v) is 4.86. The Labute approximate surface area is 132 Å². The molecule has 23 heavy (non-hydrogen) atoms. The lowest BCUT2D eigenvalue weighted by Crippen LogP contribution is -2.13. The number of H-pyrrole nitrogens is 1. The molecule has 0 spiro atoms. The molecule has 0 radical (unpaired) electrons. The molecule has 0 atom stereocenters. The van der Waals surface area contributed by atoms with Gasteiger partial charge >= 0.3 is 0 Å². The molecule has 3 rings (SSSR count). The third kappa shape index (κ3) is 3.16. The molecule has 0 saturated heterocycles. The highest BCUT2D eigenvalue weighted by Gasteiger charge is 2.10. The van der Waals surface area contributed by atoms with Crippen molar-refractivity contribution in [3.05, 3.63) is 76.6 Å². The van der Waals surface area contributed by atoms with Crippen LogP contribution in [-0.2, 0) is 0 Å². The maximum Gasteiger partial charge on any atom is 0.273 e. The van der Waals surface area contributed by atoms with Crippen molar-refractivity contribution >= 4 is 11.7 Å². The van der Waals surface area contributed by atoms with Crippen LogP contribution < -0.4 is 15.6 Å². The quantitative estimate of drug-likeness (QED) is 0.777. The van der Waals surface area contributed by atoms with Crippen LogP contribution in [0.5, 0.6) is 5.75 Å². The molecule has 0 bridgehead atoms. The van der Waals surface area contributed by atoms with Gasteiger partial charge in [-0.1, -0.05) is 18.2 Å². The first-order chi connectivity index (χ1) is 11.2. The number of nitrogens with one attached hydrogen (secondary N) is 2. The second kappa shape index (κ2) is 6.23. The van der Waals surface area contributed by atoms with Crippen molar-refractivity contribution in [1.29, 1.82) is 0 Å². The van der Waals surface area contributed by atoms with Crippen molar-refractivity contribution in [3.8, 4) is 11.4 Å². The fourth-order valence-electron chi connectivity index (χ4n) is 2.17. The predicted molar refractivity (Wildman–Crippen MR) is 87.3 cm³/mol. The van der Waals surface area contributed by atoms with E-state index in [2.05, 4.69) is 10.4 Å². The highest BCUT2D eigenvalue weighted by molar-refractivity contribution is 6.03. The Morgan fingerprint density at radius 2 is 1.78 bits per heavy atom. The van der Waals surface area contributed by atoms with Gasteiger partial charge < -0.3 is 10.1 Å². The highest BCUT2D eigenvalue weighted by atomic mass is 16.5. The van der Waals surface area contributed by atoms with E-state index < -0.39 is 0 Å². The van der Waals surface area contributed by atoms with Crippen LogP contribution in [0.2, 0.25) is 0 Å². The number of methoxy groups -OCH3 is 1. The molecule has 6 nitrogen and oxygen atoms in total. The number of aromatic amines is 1. The summed E-state index contributed by atoms with van der Waals surface area (Å²) < 4.78 is 6.42. The van der Waals surface area contributed by atoms with Gasteiger partial charge in [0.05, 0.1) is 12.8 Å². The Balaban J connectivity index is 1.80. The van der Waals surface area contributed by atoms with E-state index in [-0.39, 0.29) is 11.5 Å². The number of carbonyl (C=O) groups is 1. The number of nitrogens with zero attached hydrogens (tertiary/aromatic N) is 1. The molecule has 0 aliphatic heterocycles. The topological polar surface area (TPSA) is 76.1 Å². The zero-order valence-corrected chi connectivity index (χ0v) is 12.4. The van der Waals surface area contributed by atoms with Gasteiger partial charge in [0, 0.05) is 11.6 Å². The normalized spacial score (nSPS) is 10.3. The van der Waals surface area contributed by atoms with Gasteiger partial charge in [0.15, 0.2) is 0 Å². The van der Waals surface area contributed by atoms with Gasteiger partial charge in [-0.15, -0.1) is 0 Å². The van der Waals surface area contributed by atoms with E-state index in [0.717, 1.165) is 0 Å². The molecule has 2 aromatic carbocycles. The van der Waals surface area contributed by atoms with Crippen LogP contribution in [-0.4, -0.2) is 22.8 Å². The van der Waals surface area contributed by atoms with E-state index >= 15 is 0 Å². The summed E-state index contributed by atoms with van der Waals surface area (Å²) in [4.78, 5) is 24.2. The van der Waals surface area contributed by atoms with E-state index in [1.807, 2.05) is 18.2 Å². The fourth-order valence-corrected chi connectivity index (χ4v) is 2.17. The third-order valence-corrected chi connectivity index (χ3v) is 3.34. The lowest BCUT2D eigenvalue weighted by molar-refractivity contribution is 0.102. The van der Waals surface area contributed by atoms with Crippen molar-refractivity contribution in [2.24, 2.45) is 0 Å². The molecule has 1 aromatic heterocycles. The van der Waals surface area contributed by atoms with Crippen molar-refractivity contribution in [2.45, 2.75) is 0 Å². The van der Waals surface area contributed by atoms with E-state index in [1.165, 1.54) is 10.7 Å². The average Bonchev–Trinajstić information content (AvgIpc) is 2.96. The van der Waals surface area contributed by atoms with Gasteiger partial charge in [0.1, 0.15) is 11.6 Å². The van der Waals surface area contributed by atoms with Crippen molar-refractivity contribution in [1.82, 2.24) is 9.78 Å². The Hall–Kier alpha value is -3.28. The molecule has 0 unspecified atom stereocenters. The molecular formula is C17H15N3O3. The SMILES string of the molecule is COc1ccc(C(=O)Nc2cc(=O)n(-c3ccccc3)[nH]2)cc1. The number of hydrogen-bond donors (Lipinski definition) is 2. The Morgan fingerprint density at radius 3 is 2.43 bits per heavy atom. The van der Waals surface area contributed by atoms with E-state index in [9.17, 15) is 9.59 Å². The third-order valence-electron chi connectivity index (χ3n) is 3.34. The van der Waals surface area contributed by atoms with Crippen LogP contribution in [0.3, 0.4) is 0 Å². The molecule has 2 N–H and O–H groups in total. The minimum atomic E-state index is -0.311. The maximum absolute atomic E-state index is 12.2. The highest BCUT2D eigenvalue weighted by Crippen LogP contribution is 2.13.